The van der Waals surface area contributed by atoms with E-state index >= 15 is 0 Å². The number of amides is 1. The van der Waals surface area contributed by atoms with E-state index in [1.165, 1.54) is 29.7 Å². The van der Waals surface area contributed by atoms with Crippen molar-refractivity contribution in [3.05, 3.63) is 65.1 Å². The van der Waals surface area contributed by atoms with Crippen LogP contribution in [-0.2, 0) is 14.8 Å². The highest BCUT2D eigenvalue weighted by Gasteiger charge is 2.34. The molecule has 1 atom stereocenters. The smallest absolute Gasteiger partial charge is 0.268 e. The molecular formula is C19H20ClN3O4S2. The zero-order valence-electron chi connectivity index (χ0n) is 15.0. The summed E-state index contributed by atoms with van der Waals surface area (Å²) in [5, 5.41) is 2.42. The highest BCUT2D eigenvalue weighted by atomic mass is 35.5. The molecule has 1 aromatic heterocycles. The predicted molar refractivity (Wildman–Crippen MR) is 116 cm³/mol. The molecule has 0 saturated carbocycles. The summed E-state index contributed by atoms with van der Waals surface area (Å²) in [5.74, 6) is 0.269. The van der Waals surface area contributed by atoms with Gasteiger partial charge in [0.2, 0.25) is 0 Å². The van der Waals surface area contributed by atoms with Crippen LogP contribution in [0.1, 0.15) is 9.27 Å². The van der Waals surface area contributed by atoms with Crippen molar-refractivity contribution in [2.24, 2.45) is 0 Å². The molecule has 1 aliphatic heterocycles. The summed E-state index contributed by atoms with van der Waals surface area (Å²) in [6.45, 7) is 0.470. The molecule has 1 saturated heterocycles. The van der Waals surface area contributed by atoms with Crippen molar-refractivity contribution in [1.29, 1.82) is 0 Å². The third-order valence-corrected chi connectivity index (χ3v) is 6.86. The van der Waals surface area contributed by atoms with Gasteiger partial charge in [-0.2, -0.15) is 0 Å². The first-order valence-corrected chi connectivity index (χ1v) is 11.4. The Bertz CT molecular complexity index is 1130. The topological polar surface area (TPSA) is 88.6 Å². The van der Waals surface area contributed by atoms with Gasteiger partial charge in [0.05, 0.1) is 9.92 Å². The number of ether oxygens (including phenoxy) is 1. The average Bonchev–Trinajstić information content (AvgIpc) is 3.33. The monoisotopic (exact) mass is 453 g/mol. The van der Waals surface area contributed by atoms with Gasteiger partial charge in [-0.3, -0.25) is 9.52 Å². The maximum Gasteiger partial charge on any atom is 0.268 e. The second kappa shape index (κ2) is 8.02. The van der Waals surface area contributed by atoms with Crippen LogP contribution < -0.4 is 14.4 Å². The van der Waals surface area contributed by atoms with Crippen LogP contribution in [0.15, 0.2) is 65.0 Å². The second-order valence-electron chi connectivity index (χ2n) is 6.25. The summed E-state index contributed by atoms with van der Waals surface area (Å²) in [7, 11) is -3.74. The number of aromatic nitrogens is 1. The second-order valence-corrected chi connectivity index (χ2v) is 9.24. The van der Waals surface area contributed by atoms with Crippen LogP contribution in [0.3, 0.4) is 0 Å². The van der Waals surface area contributed by atoms with Crippen LogP contribution in [-0.4, -0.2) is 32.0 Å². The van der Waals surface area contributed by atoms with Gasteiger partial charge in [0.25, 0.3) is 15.9 Å². The Morgan fingerprint density at radius 3 is 2.66 bits per heavy atom. The van der Waals surface area contributed by atoms with E-state index in [0.717, 1.165) is 0 Å². The van der Waals surface area contributed by atoms with E-state index in [0.29, 0.717) is 34.6 Å². The summed E-state index contributed by atoms with van der Waals surface area (Å²) in [5.41, 5.74) is 0.605. The Morgan fingerprint density at radius 2 is 1.97 bits per heavy atom. The van der Waals surface area contributed by atoms with Gasteiger partial charge in [-0.05, 0) is 36.4 Å². The molecule has 10 heteroatoms. The Morgan fingerprint density at radius 1 is 1.21 bits per heavy atom. The van der Waals surface area contributed by atoms with Crippen LogP contribution in [0, 0.1) is 0 Å². The van der Waals surface area contributed by atoms with Gasteiger partial charge in [-0.15, -0.1) is 11.3 Å². The zero-order valence-corrected chi connectivity index (χ0v) is 17.4. The molecule has 3 aromatic rings. The molecule has 2 heterocycles. The Kier molecular flexibility index (Phi) is 5.44. The van der Waals surface area contributed by atoms with Gasteiger partial charge in [-0.1, -0.05) is 23.7 Å². The Labute approximate surface area is 179 Å². The molecule has 29 heavy (non-hydrogen) atoms. The molecule has 4 rings (SSSR count). The largest absolute Gasteiger partial charge is 0.479 e. The van der Waals surface area contributed by atoms with E-state index in [2.05, 4.69) is 9.71 Å². The van der Waals surface area contributed by atoms with Gasteiger partial charge in [-0.25, -0.2) is 13.4 Å². The SMILES string of the molecule is O=C1[C@@H](Oc2ccccc2Cl)CCN1c1ccc(S(=O)(=O)Nc2nccs2)cc1.[HH].[HH]. The van der Waals surface area contributed by atoms with E-state index in [1.807, 2.05) is 0 Å². The fraction of sp³-hybridized carbons (Fsp3) is 0.158. The van der Waals surface area contributed by atoms with Crippen LogP contribution in [0.4, 0.5) is 10.8 Å². The number of para-hydroxylation sites is 1. The molecule has 0 radical (unpaired) electrons. The highest BCUT2D eigenvalue weighted by molar-refractivity contribution is 7.93. The average molecular weight is 454 g/mol. The summed E-state index contributed by atoms with van der Waals surface area (Å²) < 4.78 is 33.0. The summed E-state index contributed by atoms with van der Waals surface area (Å²) >= 11 is 7.29. The quantitative estimate of drug-likeness (QED) is 0.602. The molecule has 0 bridgehead atoms. The molecule has 0 aliphatic carbocycles. The number of halogens is 1. The van der Waals surface area contributed by atoms with E-state index in [9.17, 15) is 13.2 Å². The number of nitrogens with zero attached hydrogens (tertiary/aromatic N) is 2. The van der Waals surface area contributed by atoms with Crippen molar-refractivity contribution < 1.29 is 20.8 Å². The number of hydrogen-bond acceptors (Lipinski definition) is 6. The Balaban J connectivity index is 0.00000171. The summed E-state index contributed by atoms with van der Waals surface area (Å²) in [6.07, 6.45) is 1.39. The summed E-state index contributed by atoms with van der Waals surface area (Å²) in [4.78, 5) is 18.3. The van der Waals surface area contributed by atoms with Gasteiger partial charge in [0, 0.05) is 33.1 Å². The summed E-state index contributed by atoms with van der Waals surface area (Å²) in [6, 6.07) is 13.1. The third-order valence-electron chi connectivity index (χ3n) is 4.37. The van der Waals surface area contributed by atoms with Crippen molar-refractivity contribution in [3.8, 4) is 5.75 Å². The number of anilines is 2. The van der Waals surface area contributed by atoms with E-state index < -0.39 is 16.1 Å². The van der Waals surface area contributed by atoms with Crippen molar-refractivity contribution >= 4 is 49.7 Å². The minimum absolute atomic E-state index is 0. The minimum atomic E-state index is -3.74. The van der Waals surface area contributed by atoms with Crippen molar-refractivity contribution in [2.75, 3.05) is 16.2 Å². The predicted octanol–water partition coefficient (Wildman–Crippen LogP) is 4.27. The molecule has 1 fully saturated rings. The molecule has 1 N–H and O–H groups in total. The number of nitrogens with one attached hydrogen (secondary N) is 1. The molecule has 1 aliphatic rings. The lowest BCUT2D eigenvalue weighted by Crippen LogP contribution is -2.32. The van der Waals surface area contributed by atoms with E-state index in [4.69, 9.17) is 16.3 Å². The standard InChI is InChI=1S/C19H16ClN3O4S2.2H2/c20-15-3-1-2-4-16(15)27-17-9-11-23(18(17)24)13-5-7-14(8-6-13)29(25,26)22-19-21-10-12-28-19;;/h1-8,10,12,17H,9,11H2,(H,21,22);2*1H/t17-;;/m0../s1. The number of carbonyl (C=O) groups is 1. The fourth-order valence-electron chi connectivity index (χ4n) is 2.97. The number of rotatable bonds is 6. The molecule has 2 aromatic carbocycles. The minimum Gasteiger partial charge on any atom is -0.479 e. The molecule has 1 amide bonds. The number of hydrogen-bond donors (Lipinski definition) is 1. The molecular weight excluding hydrogens is 434 g/mol. The maximum atomic E-state index is 12.7. The Hall–Kier alpha value is -2.62. The van der Waals surface area contributed by atoms with Gasteiger partial charge >= 0.3 is 0 Å². The van der Waals surface area contributed by atoms with Crippen LogP contribution in [0.25, 0.3) is 0 Å². The van der Waals surface area contributed by atoms with Gasteiger partial charge < -0.3 is 9.64 Å². The fourth-order valence-corrected chi connectivity index (χ4v) is 4.94. The maximum absolute atomic E-state index is 12.7. The lowest BCUT2D eigenvalue weighted by Gasteiger charge is -2.18. The first-order chi connectivity index (χ1) is 13.9. The van der Waals surface area contributed by atoms with Crippen molar-refractivity contribution in [2.45, 2.75) is 17.4 Å². The number of thiazole rings is 1. The highest BCUT2D eigenvalue weighted by Crippen LogP contribution is 2.29. The molecule has 0 spiro atoms. The van der Waals surface area contributed by atoms with Crippen LogP contribution in [0.2, 0.25) is 5.02 Å². The van der Waals surface area contributed by atoms with E-state index in [1.54, 1.807) is 46.7 Å². The normalized spacial score (nSPS) is 16.8. The van der Waals surface area contributed by atoms with Gasteiger partial charge in [0.1, 0.15) is 5.75 Å². The first-order valence-electron chi connectivity index (χ1n) is 8.69. The number of sulfonamides is 1. The van der Waals surface area contributed by atoms with E-state index in [-0.39, 0.29) is 13.7 Å². The van der Waals surface area contributed by atoms with Crippen molar-refractivity contribution in [1.82, 2.24) is 4.98 Å². The van der Waals surface area contributed by atoms with Crippen LogP contribution in [0.5, 0.6) is 5.75 Å². The number of carbonyl (C=O) groups excluding carboxylic acids is 1. The third kappa shape index (κ3) is 4.21. The molecule has 154 valence electrons. The first kappa shape index (κ1) is 19.7. The number of benzene rings is 2. The zero-order chi connectivity index (χ0) is 20.4. The molecule has 7 nitrogen and oxygen atoms in total. The lowest BCUT2D eigenvalue weighted by atomic mass is 10.3. The lowest BCUT2D eigenvalue weighted by molar-refractivity contribution is -0.122. The van der Waals surface area contributed by atoms with Gasteiger partial charge in [0.15, 0.2) is 11.2 Å². The van der Waals surface area contributed by atoms with Crippen LogP contribution >= 0.6 is 22.9 Å². The van der Waals surface area contributed by atoms with Crippen molar-refractivity contribution in [3.63, 3.8) is 0 Å². The molecule has 0 unspecified atom stereocenters.